The summed E-state index contributed by atoms with van der Waals surface area (Å²) in [4.78, 5) is 20.4. The molecule has 3 N–H and O–H groups in total. The average Bonchev–Trinajstić information content (AvgIpc) is 2.83. The summed E-state index contributed by atoms with van der Waals surface area (Å²) in [5.74, 6) is -0.121. The number of halogens is 1. The number of nitrogens with two attached hydrogens (primary N) is 1. The monoisotopic (exact) mass is 318 g/mol. The van der Waals surface area contributed by atoms with Crippen molar-refractivity contribution < 1.29 is 4.79 Å². The van der Waals surface area contributed by atoms with E-state index in [1.807, 2.05) is 25.1 Å². The van der Waals surface area contributed by atoms with E-state index in [1.54, 1.807) is 0 Å². The predicted octanol–water partition coefficient (Wildman–Crippen LogP) is 3.49. The molecule has 21 heavy (non-hydrogen) atoms. The number of pyridine rings is 1. The molecule has 3 aromatic rings. The summed E-state index contributed by atoms with van der Waals surface area (Å²) in [6.07, 6.45) is 1.38. The zero-order valence-electron chi connectivity index (χ0n) is 11.1. The summed E-state index contributed by atoms with van der Waals surface area (Å²) >= 11 is 7.28. The van der Waals surface area contributed by atoms with Crippen LogP contribution in [0.15, 0.2) is 30.5 Å². The second-order valence-corrected chi connectivity index (χ2v) is 5.97. The number of thiazole rings is 1. The van der Waals surface area contributed by atoms with Gasteiger partial charge in [0.05, 0.1) is 20.8 Å². The molecule has 0 aliphatic carbocycles. The standard InChI is InChI=1S/C14H11ClN4OS/c1-7-2-3-10-11(4-7)21-14(18-10)19-13(20)8-5-9(15)12(16)17-6-8/h2-6H,1H3,(H2,16,17)(H,18,19,20). The van der Waals surface area contributed by atoms with E-state index in [2.05, 4.69) is 15.3 Å². The highest BCUT2D eigenvalue weighted by Gasteiger charge is 2.12. The third-order valence-corrected chi connectivity index (χ3v) is 4.13. The number of hydrogen-bond donors (Lipinski definition) is 2. The lowest BCUT2D eigenvalue weighted by Gasteiger charge is -2.02. The van der Waals surface area contributed by atoms with Crippen LogP contribution in [0.2, 0.25) is 5.02 Å². The lowest BCUT2D eigenvalue weighted by atomic mass is 10.2. The van der Waals surface area contributed by atoms with Crippen molar-refractivity contribution in [1.82, 2.24) is 9.97 Å². The number of anilines is 2. The van der Waals surface area contributed by atoms with Crippen LogP contribution < -0.4 is 11.1 Å². The van der Waals surface area contributed by atoms with Crippen LogP contribution in [0, 0.1) is 6.92 Å². The van der Waals surface area contributed by atoms with Crippen molar-refractivity contribution in [2.24, 2.45) is 0 Å². The molecule has 0 unspecified atom stereocenters. The van der Waals surface area contributed by atoms with Gasteiger partial charge in [-0.1, -0.05) is 29.0 Å². The summed E-state index contributed by atoms with van der Waals surface area (Å²) in [7, 11) is 0. The first kappa shape index (κ1) is 13.8. The van der Waals surface area contributed by atoms with Gasteiger partial charge in [-0.2, -0.15) is 0 Å². The number of aryl methyl sites for hydroxylation is 1. The Morgan fingerprint density at radius 2 is 2.19 bits per heavy atom. The van der Waals surface area contributed by atoms with Crippen molar-refractivity contribution >= 4 is 50.0 Å². The van der Waals surface area contributed by atoms with Gasteiger partial charge < -0.3 is 5.73 Å². The highest BCUT2D eigenvalue weighted by atomic mass is 35.5. The summed E-state index contributed by atoms with van der Waals surface area (Å²) < 4.78 is 1.03. The molecule has 2 heterocycles. The first-order valence-corrected chi connectivity index (χ1v) is 7.32. The zero-order chi connectivity index (χ0) is 15.0. The van der Waals surface area contributed by atoms with E-state index in [1.165, 1.54) is 23.6 Å². The third-order valence-electron chi connectivity index (χ3n) is 2.90. The van der Waals surface area contributed by atoms with Gasteiger partial charge in [0.15, 0.2) is 5.13 Å². The van der Waals surface area contributed by atoms with Crippen LogP contribution in [-0.2, 0) is 0 Å². The molecule has 1 amide bonds. The molecule has 1 aromatic carbocycles. The number of rotatable bonds is 2. The van der Waals surface area contributed by atoms with Crippen LogP contribution in [0.3, 0.4) is 0 Å². The Morgan fingerprint density at radius 1 is 1.38 bits per heavy atom. The quantitative estimate of drug-likeness (QED) is 0.758. The van der Waals surface area contributed by atoms with Crippen molar-refractivity contribution in [1.29, 1.82) is 0 Å². The first-order valence-electron chi connectivity index (χ1n) is 6.12. The molecule has 0 spiro atoms. The van der Waals surface area contributed by atoms with E-state index in [-0.39, 0.29) is 16.7 Å². The summed E-state index contributed by atoms with van der Waals surface area (Å²) in [5.41, 5.74) is 7.87. The van der Waals surface area contributed by atoms with E-state index in [9.17, 15) is 4.79 Å². The van der Waals surface area contributed by atoms with Crippen molar-refractivity contribution in [3.8, 4) is 0 Å². The number of carbonyl (C=O) groups excluding carboxylic acids is 1. The summed E-state index contributed by atoms with van der Waals surface area (Å²) in [5, 5.41) is 3.53. The topological polar surface area (TPSA) is 80.9 Å². The summed E-state index contributed by atoms with van der Waals surface area (Å²) in [6.45, 7) is 2.01. The fraction of sp³-hybridized carbons (Fsp3) is 0.0714. The maximum Gasteiger partial charge on any atom is 0.259 e. The molecule has 0 saturated carbocycles. The summed E-state index contributed by atoms with van der Waals surface area (Å²) in [6, 6.07) is 7.43. The zero-order valence-corrected chi connectivity index (χ0v) is 12.6. The number of amides is 1. The molecule has 0 radical (unpaired) electrons. The van der Waals surface area contributed by atoms with Crippen molar-refractivity contribution in [2.75, 3.05) is 11.1 Å². The van der Waals surface area contributed by atoms with Gasteiger partial charge in [0.2, 0.25) is 0 Å². The normalized spacial score (nSPS) is 10.8. The fourth-order valence-electron chi connectivity index (χ4n) is 1.83. The van der Waals surface area contributed by atoms with Gasteiger partial charge in [0.25, 0.3) is 5.91 Å². The molecule has 2 aromatic heterocycles. The highest BCUT2D eigenvalue weighted by Crippen LogP contribution is 2.27. The van der Waals surface area contributed by atoms with Crippen molar-refractivity contribution in [3.63, 3.8) is 0 Å². The number of carbonyl (C=O) groups is 1. The highest BCUT2D eigenvalue weighted by molar-refractivity contribution is 7.22. The van der Waals surface area contributed by atoms with Crippen LogP contribution in [0.1, 0.15) is 15.9 Å². The number of hydrogen-bond acceptors (Lipinski definition) is 5. The van der Waals surface area contributed by atoms with Crippen molar-refractivity contribution in [2.45, 2.75) is 6.92 Å². The van der Waals surface area contributed by atoms with Crippen LogP contribution in [0.25, 0.3) is 10.2 Å². The molecule has 0 atom stereocenters. The number of nitrogen functional groups attached to an aromatic ring is 1. The second-order valence-electron chi connectivity index (χ2n) is 4.54. The minimum Gasteiger partial charge on any atom is -0.382 e. The van der Waals surface area contributed by atoms with Crippen molar-refractivity contribution in [3.05, 3.63) is 46.6 Å². The Morgan fingerprint density at radius 3 is 2.95 bits per heavy atom. The molecule has 0 bridgehead atoms. The lowest BCUT2D eigenvalue weighted by Crippen LogP contribution is -2.12. The maximum absolute atomic E-state index is 12.1. The van der Waals surface area contributed by atoms with Crippen LogP contribution in [0.4, 0.5) is 10.9 Å². The molecule has 0 fully saturated rings. The number of fused-ring (bicyclic) bond motifs is 1. The smallest absolute Gasteiger partial charge is 0.259 e. The van der Waals surface area contributed by atoms with E-state index >= 15 is 0 Å². The van der Waals surface area contributed by atoms with Gasteiger partial charge in [-0.3, -0.25) is 10.1 Å². The molecular formula is C14H11ClN4OS. The Bertz CT molecular complexity index is 846. The second kappa shape index (κ2) is 5.31. The largest absolute Gasteiger partial charge is 0.382 e. The minimum atomic E-state index is -0.319. The molecular weight excluding hydrogens is 308 g/mol. The molecule has 106 valence electrons. The first-order chi connectivity index (χ1) is 10.0. The van der Waals surface area contributed by atoms with Gasteiger partial charge in [-0.05, 0) is 30.7 Å². The Balaban J connectivity index is 1.87. The number of aromatic nitrogens is 2. The SMILES string of the molecule is Cc1ccc2nc(NC(=O)c3cnc(N)c(Cl)c3)sc2c1. The number of benzene rings is 1. The van der Waals surface area contributed by atoms with Gasteiger partial charge in [0.1, 0.15) is 5.82 Å². The third kappa shape index (κ3) is 2.81. The molecule has 0 saturated heterocycles. The van der Waals surface area contributed by atoms with Crippen LogP contribution >= 0.6 is 22.9 Å². The van der Waals surface area contributed by atoms with Gasteiger partial charge in [0, 0.05) is 6.20 Å². The molecule has 5 nitrogen and oxygen atoms in total. The predicted molar refractivity (Wildman–Crippen MR) is 86.0 cm³/mol. The molecule has 3 rings (SSSR count). The van der Waals surface area contributed by atoms with E-state index in [4.69, 9.17) is 17.3 Å². The van der Waals surface area contributed by atoms with Crippen LogP contribution in [-0.4, -0.2) is 15.9 Å². The molecule has 0 aliphatic heterocycles. The number of nitrogens with zero attached hydrogens (tertiary/aromatic N) is 2. The minimum absolute atomic E-state index is 0.198. The maximum atomic E-state index is 12.1. The van der Waals surface area contributed by atoms with Gasteiger partial charge >= 0.3 is 0 Å². The van der Waals surface area contributed by atoms with E-state index in [0.29, 0.717) is 10.7 Å². The molecule has 7 heteroatoms. The van der Waals surface area contributed by atoms with Gasteiger partial charge in [-0.15, -0.1) is 0 Å². The lowest BCUT2D eigenvalue weighted by molar-refractivity contribution is 0.102. The number of nitrogens with one attached hydrogen (secondary N) is 1. The Kier molecular flexibility index (Phi) is 3.48. The van der Waals surface area contributed by atoms with Gasteiger partial charge in [-0.25, -0.2) is 9.97 Å². The van der Waals surface area contributed by atoms with E-state index < -0.39 is 0 Å². The van der Waals surface area contributed by atoms with E-state index in [0.717, 1.165) is 15.8 Å². The Labute approximate surface area is 129 Å². The van der Waals surface area contributed by atoms with Crippen LogP contribution in [0.5, 0.6) is 0 Å². The fourth-order valence-corrected chi connectivity index (χ4v) is 2.95. The Hall–Kier alpha value is -2.18. The average molecular weight is 319 g/mol. The molecule has 0 aliphatic rings.